The number of hydrogen-bond donors (Lipinski definition) is 1. The number of halogens is 3. The molecule has 32 heavy (non-hydrogen) atoms. The van der Waals surface area contributed by atoms with Crippen molar-refractivity contribution in [3.8, 4) is 17.3 Å². The number of fused-ring (bicyclic) bond motifs is 1. The van der Waals surface area contributed by atoms with E-state index in [1.54, 1.807) is 30.3 Å². The number of carbonyl (C=O) groups excluding carboxylic acids is 1. The first-order valence-corrected chi connectivity index (χ1v) is 9.43. The Morgan fingerprint density at radius 3 is 2.62 bits per heavy atom. The highest BCUT2D eigenvalue weighted by Crippen LogP contribution is 2.32. The maximum atomic E-state index is 13.0. The monoisotopic (exact) mass is 443 g/mol. The number of aryl methyl sites for hydroxylation is 1. The third kappa shape index (κ3) is 4.36. The third-order valence-electron chi connectivity index (χ3n) is 4.57. The van der Waals surface area contributed by atoms with Gasteiger partial charge < -0.3 is 18.9 Å². The Morgan fingerprint density at radius 1 is 1.09 bits per heavy atom. The molecule has 1 N–H and O–H groups in total. The lowest BCUT2D eigenvalue weighted by Gasteiger charge is -2.12. The van der Waals surface area contributed by atoms with Crippen LogP contribution in [0.4, 0.5) is 18.9 Å². The fourth-order valence-corrected chi connectivity index (χ4v) is 3.10. The Labute approximate surface area is 179 Å². The maximum absolute atomic E-state index is 13.0. The van der Waals surface area contributed by atoms with E-state index in [4.69, 9.17) is 13.6 Å². The van der Waals surface area contributed by atoms with E-state index in [-0.39, 0.29) is 28.3 Å². The van der Waals surface area contributed by atoms with Crippen LogP contribution in [0.3, 0.4) is 0 Å². The normalized spacial score (nSPS) is 11.5. The molecule has 2 heterocycles. The van der Waals surface area contributed by atoms with Gasteiger partial charge in [-0.2, -0.15) is 13.2 Å². The average molecular weight is 443 g/mol. The molecule has 164 valence electrons. The van der Waals surface area contributed by atoms with E-state index in [0.29, 0.717) is 5.58 Å². The Bertz CT molecular complexity index is 1340. The summed E-state index contributed by atoms with van der Waals surface area (Å²) in [6, 6.07) is 12.4. The van der Waals surface area contributed by atoms with Crippen molar-refractivity contribution in [1.82, 2.24) is 0 Å². The van der Waals surface area contributed by atoms with E-state index >= 15 is 0 Å². The Morgan fingerprint density at radius 2 is 1.91 bits per heavy atom. The summed E-state index contributed by atoms with van der Waals surface area (Å²) in [6.45, 7) is 1.17. The predicted molar refractivity (Wildman–Crippen MR) is 110 cm³/mol. The molecule has 4 aromatic rings. The molecule has 0 spiro atoms. The smallest absolute Gasteiger partial charge is 0.416 e. The average Bonchev–Trinajstić information content (AvgIpc) is 3.28. The fraction of sp³-hybridized carbons (Fsp3) is 0.130. The lowest BCUT2D eigenvalue weighted by molar-refractivity contribution is -0.137. The Hall–Kier alpha value is -4.01. The van der Waals surface area contributed by atoms with E-state index in [1.807, 2.05) is 6.92 Å². The number of ether oxygens (including phenoxy) is 1. The lowest BCUT2D eigenvalue weighted by Crippen LogP contribution is -2.23. The van der Waals surface area contributed by atoms with E-state index in [1.165, 1.54) is 18.4 Å². The summed E-state index contributed by atoms with van der Waals surface area (Å²) >= 11 is 0. The minimum Gasteiger partial charge on any atom is -0.476 e. The zero-order valence-electron chi connectivity index (χ0n) is 16.7. The highest BCUT2D eigenvalue weighted by Gasteiger charge is 2.30. The minimum absolute atomic E-state index is 0.00298. The maximum Gasteiger partial charge on any atom is 0.416 e. The molecule has 2 aromatic heterocycles. The minimum atomic E-state index is -4.54. The molecular formula is C23H16F3NO5. The molecule has 0 fully saturated rings. The van der Waals surface area contributed by atoms with Crippen LogP contribution in [0.2, 0.25) is 0 Å². The van der Waals surface area contributed by atoms with Gasteiger partial charge in [0, 0.05) is 5.69 Å². The van der Waals surface area contributed by atoms with Crippen molar-refractivity contribution in [3.63, 3.8) is 0 Å². The Balaban J connectivity index is 1.61. The van der Waals surface area contributed by atoms with Crippen LogP contribution in [-0.4, -0.2) is 12.5 Å². The number of alkyl halides is 3. The van der Waals surface area contributed by atoms with Crippen LogP contribution >= 0.6 is 0 Å². The molecule has 0 bridgehead atoms. The van der Waals surface area contributed by atoms with Crippen molar-refractivity contribution in [2.24, 2.45) is 0 Å². The molecule has 0 aliphatic carbocycles. The van der Waals surface area contributed by atoms with Gasteiger partial charge in [0.1, 0.15) is 5.58 Å². The molecule has 2 aromatic carbocycles. The number of furan rings is 1. The van der Waals surface area contributed by atoms with Gasteiger partial charge in [-0.3, -0.25) is 9.59 Å². The first kappa shape index (κ1) is 21.2. The Kier molecular flexibility index (Phi) is 5.48. The molecule has 1 amide bonds. The highest BCUT2D eigenvalue weighted by atomic mass is 19.4. The van der Waals surface area contributed by atoms with E-state index < -0.39 is 29.7 Å². The predicted octanol–water partition coefficient (Wildman–Crippen LogP) is 5.40. The standard InChI is InChI=1S/C23H16F3NO5/c1-13-7-8-17-16(10-13)20(29)22(21(32-17)18-6-3-9-30-18)31-12-19(28)27-15-5-2-4-14(11-15)23(24,25)26/h2-11H,12H2,1H3,(H,27,28). The first-order chi connectivity index (χ1) is 15.2. The second kappa shape index (κ2) is 8.26. The third-order valence-corrected chi connectivity index (χ3v) is 4.57. The van der Waals surface area contributed by atoms with Crippen LogP contribution in [0.5, 0.6) is 5.75 Å². The van der Waals surface area contributed by atoms with Gasteiger partial charge in [0.25, 0.3) is 5.91 Å². The first-order valence-electron chi connectivity index (χ1n) is 9.43. The van der Waals surface area contributed by atoms with E-state index in [0.717, 1.165) is 17.7 Å². The molecule has 0 saturated carbocycles. The van der Waals surface area contributed by atoms with Gasteiger partial charge in [-0.05, 0) is 49.4 Å². The van der Waals surface area contributed by atoms with Gasteiger partial charge in [0.05, 0.1) is 17.2 Å². The zero-order valence-corrected chi connectivity index (χ0v) is 16.7. The largest absolute Gasteiger partial charge is 0.476 e. The molecule has 0 unspecified atom stereocenters. The van der Waals surface area contributed by atoms with Crippen molar-refractivity contribution in [2.75, 3.05) is 11.9 Å². The van der Waals surface area contributed by atoms with Crippen LogP contribution in [0, 0.1) is 6.92 Å². The van der Waals surface area contributed by atoms with Crippen molar-refractivity contribution in [3.05, 3.63) is 82.2 Å². The SMILES string of the molecule is Cc1ccc2oc(-c3ccco3)c(OCC(=O)Nc3cccc(C(F)(F)F)c3)c(=O)c2c1. The van der Waals surface area contributed by atoms with Crippen molar-refractivity contribution >= 4 is 22.6 Å². The van der Waals surface area contributed by atoms with Gasteiger partial charge in [-0.25, -0.2) is 0 Å². The molecule has 0 aliphatic rings. The van der Waals surface area contributed by atoms with Crippen LogP contribution in [0.15, 0.2) is 74.5 Å². The molecule has 0 atom stereocenters. The molecule has 9 heteroatoms. The van der Waals surface area contributed by atoms with Crippen LogP contribution in [0.1, 0.15) is 11.1 Å². The van der Waals surface area contributed by atoms with Crippen molar-refractivity contribution < 1.29 is 31.5 Å². The molecule has 6 nitrogen and oxygen atoms in total. The van der Waals surface area contributed by atoms with Gasteiger partial charge in [0.15, 0.2) is 12.4 Å². The van der Waals surface area contributed by atoms with Gasteiger partial charge >= 0.3 is 6.18 Å². The number of nitrogens with one attached hydrogen (secondary N) is 1. The lowest BCUT2D eigenvalue weighted by atomic mass is 10.1. The molecule has 4 rings (SSSR count). The fourth-order valence-electron chi connectivity index (χ4n) is 3.10. The summed E-state index contributed by atoms with van der Waals surface area (Å²) in [5.74, 6) is -0.767. The second-order valence-corrected chi connectivity index (χ2v) is 6.98. The molecule has 0 aliphatic heterocycles. The van der Waals surface area contributed by atoms with E-state index in [9.17, 15) is 22.8 Å². The quantitative estimate of drug-likeness (QED) is 0.447. The van der Waals surface area contributed by atoms with Crippen molar-refractivity contribution in [2.45, 2.75) is 13.1 Å². The summed E-state index contributed by atoms with van der Waals surface area (Å²) in [5.41, 5.74) is -0.326. The summed E-state index contributed by atoms with van der Waals surface area (Å²) in [4.78, 5) is 25.3. The van der Waals surface area contributed by atoms with Gasteiger partial charge in [0.2, 0.25) is 16.9 Å². The van der Waals surface area contributed by atoms with E-state index in [2.05, 4.69) is 5.32 Å². The van der Waals surface area contributed by atoms with Gasteiger partial charge in [-0.1, -0.05) is 17.7 Å². The highest BCUT2D eigenvalue weighted by molar-refractivity contribution is 5.92. The summed E-state index contributed by atoms with van der Waals surface area (Å²) in [5, 5.41) is 2.58. The summed E-state index contributed by atoms with van der Waals surface area (Å²) in [7, 11) is 0. The summed E-state index contributed by atoms with van der Waals surface area (Å²) < 4.78 is 55.2. The number of hydrogen-bond acceptors (Lipinski definition) is 5. The number of amides is 1. The number of rotatable bonds is 5. The number of benzene rings is 2. The topological polar surface area (TPSA) is 81.7 Å². The van der Waals surface area contributed by atoms with Crippen LogP contribution < -0.4 is 15.5 Å². The van der Waals surface area contributed by atoms with Crippen LogP contribution in [-0.2, 0) is 11.0 Å². The second-order valence-electron chi connectivity index (χ2n) is 6.98. The van der Waals surface area contributed by atoms with Crippen LogP contribution in [0.25, 0.3) is 22.5 Å². The van der Waals surface area contributed by atoms with Crippen molar-refractivity contribution in [1.29, 1.82) is 0 Å². The summed E-state index contributed by atoms with van der Waals surface area (Å²) in [6.07, 6.45) is -3.16. The zero-order chi connectivity index (χ0) is 22.9. The molecular weight excluding hydrogens is 427 g/mol. The number of carbonyl (C=O) groups is 1. The number of anilines is 1. The van der Waals surface area contributed by atoms with Gasteiger partial charge in [-0.15, -0.1) is 0 Å². The molecule has 0 saturated heterocycles. The molecule has 0 radical (unpaired) electrons.